The zero-order valence-electron chi connectivity index (χ0n) is 12.2. The molecular formula is C13H24N2O5. The van der Waals surface area contributed by atoms with E-state index >= 15 is 0 Å². The third-order valence-corrected chi connectivity index (χ3v) is 2.61. The Morgan fingerprint density at radius 3 is 2.40 bits per heavy atom. The number of carbonyl (C=O) groups is 3. The minimum absolute atomic E-state index is 0.0711. The summed E-state index contributed by atoms with van der Waals surface area (Å²) in [6.45, 7) is 2.45. The van der Waals surface area contributed by atoms with Crippen molar-refractivity contribution < 1.29 is 24.2 Å². The van der Waals surface area contributed by atoms with Gasteiger partial charge in [0.1, 0.15) is 6.54 Å². The number of urea groups is 1. The van der Waals surface area contributed by atoms with Crippen LogP contribution in [0.5, 0.6) is 0 Å². The molecule has 0 fully saturated rings. The second-order valence-electron chi connectivity index (χ2n) is 4.45. The van der Waals surface area contributed by atoms with Crippen LogP contribution in [0.4, 0.5) is 4.79 Å². The van der Waals surface area contributed by atoms with E-state index in [9.17, 15) is 14.4 Å². The second-order valence-corrected chi connectivity index (χ2v) is 4.45. The van der Waals surface area contributed by atoms with Crippen molar-refractivity contribution >= 4 is 18.0 Å². The highest BCUT2D eigenvalue weighted by Gasteiger charge is 2.12. The van der Waals surface area contributed by atoms with E-state index in [-0.39, 0.29) is 19.0 Å². The number of hydrogen-bond acceptors (Lipinski definition) is 4. The quantitative estimate of drug-likeness (QED) is 0.465. The van der Waals surface area contributed by atoms with Gasteiger partial charge in [0.15, 0.2) is 0 Å². The molecule has 20 heavy (non-hydrogen) atoms. The largest absolute Gasteiger partial charge is 0.481 e. The Labute approximate surface area is 119 Å². The van der Waals surface area contributed by atoms with Crippen LogP contribution in [0.15, 0.2) is 0 Å². The molecule has 0 aromatic carbocycles. The van der Waals surface area contributed by atoms with Crippen molar-refractivity contribution in [3.05, 3.63) is 0 Å². The van der Waals surface area contributed by atoms with E-state index in [0.29, 0.717) is 19.6 Å². The third kappa shape index (κ3) is 10.2. The van der Waals surface area contributed by atoms with E-state index in [1.54, 1.807) is 6.92 Å². The number of esters is 1. The fourth-order valence-corrected chi connectivity index (χ4v) is 1.56. The van der Waals surface area contributed by atoms with Crippen LogP contribution >= 0.6 is 0 Å². The number of carboxylic acids is 1. The number of amides is 2. The highest BCUT2D eigenvalue weighted by atomic mass is 16.5. The number of nitrogens with one attached hydrogen (secondary N) is 1. The van der Waals surface area contributed by atoms with Gasteiger partial charge in [0.25, 0.3) is 0 Å². The first-order chi connectivity index (χ1) is 9.47. The van der Waals surface area contributed by atoms with E-state index in [0.717, 1.165) is 19.3 Å². The minimum Gasteiger partial charge on any atom is -0.481 e. The lowest BCUT2D eigenvalue weighted by Gasteiger charge is -2.16. The lowest BCUT2D eigenvalue weighted by molar-refractivity contribution is -0.143. The molecular weight excluding hydrogens is 264 g/mol. The fourth-order valence-electron chi connectivity index (χ4n) is 1.56. The van der Waals surface area contributed by atoms with E-state index in [4.69, 9.17) is 9.84 Å². The Bertz CT molecular complexity index is 320. The lowest BCUT2D eigenvalue weighted by Crippen LogP contribution is -2.40. The van der Waals surface area contributed by atoms with Gasteiger partial charge >= 0.3 is 18.0 Å². The Kier molecular flexibility index (Phi) is 10.1. The fraction of sp³-hybridized carbons (Fsp3) is 0.769. The van der Waals surface area contributed by atoms with Gasteiger partial charge in [-0.3, -0.25) is 9.59 Å². The molecule has 0 saturated carbocycles. The van der Waals surface area contributed by atoms with Crippen LogP contribution in [0, 0.1) is 0 Å². The maximum atomic E-state index is 11.6. The molecule has 0 heterocycles. The number of carboxylic acid groups (broad SMARTS) is 1. The third-order valence-electron chi connectivity index (χ3n) is 2.61. The number of ether oxygens (including phenoxy) is 1. The van der Waals surface area contributed by atoms with Gasteiger partial charge in [-0.15, -0.1) is 0 Å². The van der Waals surface area contributed by atoms with Crippen LogP contribution in [0.1, 0.15) is 39.0 Å². The second kappa shape index (κ2) is 11.1. The first kappa shape index (κ1) is 18.2. The summed E-state index contributed by atoms with van der Waals surface area (Å²) in [6, 6.07) is -0.316. The van der Waals surface area contributed by atoms with Gasteiger partial charge < -0.3 is 20.1 Å². The highest BCUT2D eigenvalue weighted by molar-refractivity contribution is 5.80. The predicted octanol–water partition coefficient (Wildman–Crippen LogP) is 1.23. The minimum atomic E-state index is -0.779. The average Bonchev–Trinajstić information content (AvgIpc) is 2.37. The molecule has 7 nitrogen and oxygen atoms in total. The van der Waals surface area contributed by atoms with Crippen LogP contribution in [0.3, 0.4) is 0 Å². The van der Waals surface area contributed by atoms with Crippen LogP contribution in [-0.2, 0) is 14.3 Å². The molecule has 0 rings (SSSR count). The first-order valence-electron chi connectivity index (χ1n) is 6.83. The Morgan fingerprint density at radius 1 is 1.15 bits per heavy atom. The molecule has 0 saturated heterocycles. The van der Waals surface area contributed by atoms with Crippen molar-refractivity contribution in [3.8, 4) is 0 Å². The van der Waals surface area contributed by atoms with Crippen molar-refractivity contribution in [2.75, 3.05) is 26.7 Å². The highest BCUT2D eigenvalue weighted by Crippen LogP contribution is 2.02. The van der Waals surface area contributed by atoms with Crippen molar-refractivity contribution in [1.82, 2.24) is 10.2 Å². The molecule has 0 aromatic rings. The molecule has 0 bridgehead atoms. The molecule has 0 aromatic heterocycles. The molecule has 0 aliphatic heterocycles. The van der Waals surface area contributed by atoms with Gasteiger partial charge in [-0.05, 0) is 19.8 Å². The molecule has 0 radical (unpaired) electrons. The number of carbonyl (C=O) groups excluding carboxylic acids is 2. The molecule has 0 aliphatic rings. The number of unbranched alkanes of at least 4 members (excludes halogenated alkanes) is 3. The molecule has 0 aliphatic carbocycles. The number of hydrogen-bond donors (Lipinski definition) is 2. The van der Waals surface area contributed by atoms with Crippen LogP contribution in [-0.4, -0.2) is 54.7 Å². The summed E-state index contributed by atoms with van der Waals surface area (Å²) in [5.74, 6) is -1.21. The number of nitrogens with zero attached hydrogens (tertiary/aromatic N) is 1. The first-order valence-corrected chi connectivity index (χ1v) is 6.83. The molecule has 2 amide bonds. The number of likely N-dealkylation sites (N-methyl/N-ethyl adjacent to an activating group) is 1. The van der Waals surface area contributed by atoms with Gasteiger partial charge in [-0.25, -0.2) is 4.79 Å². The predicted molar refractivity (Wildman–Crippen MR) is 73.4 cm³/mol. The van der Waals surface area contributed by atoms with E-state index in [2.05, 4.69) is 5.32 Å². The average molecular weight is 288 g/mol. The molecule has 0 unspecified atom stereocenters. The van der Waals surface area contributed by atoms with Crippen LogP contribution in [0.25, 0.3) is 0 Å². The summed E-state index contributed by atoms with van der Waals surface area (Å²) in [6.07, 6.45) is 3.34. The number of aliphatic carboxylic acids is 1. The molecule has 2 N–H and O–H groups in total. The zero-order chi connectivity index (χ0) is 15.4. The summed E-state index contributed by atoms with van der Waals surface area (Å²) < 4.78 is 4.74. The summed E-state index contributed by atoms with van der Waals surface area (Å²) in [4.78, 5) is 34.3. The van der Waals surface area contributed by atoms with Crippen molar-refractivity contribution in [1.29, 1.82) is 0 Å². The SMILES string of the molecule is CCOC(=O)CN(C)C(=O)NCCCCCCC(=O)O. The Balaban J connectivity index is 3.57. The van der Waals surface area contributed by atoms with E-state index in [1.807, 2.05) is 0 Å². The van der Waals surface area contributed by atoms with Gasteiger partial charge in [0.2, 0.25) is 0 Å². The van der Waals surface area contributed by atoms with Crippen molar-refractivity contribution in [3.63, 3.8) is 0 Å². The molecule has 0 atom stereocenters. The topological polar surface area (TPSA) is 95.9 Å². The molecule has 116 valence electrons. The van der Waals surface area contributed by atoms with Gasteiger partial charge in [-0.1, -0.05) is 12.8 Å². The summed E-state index contributed by atoms with van der Waals surface area (Å²) >= 11 is 0. The van der Waals surface area contributed by atoms with Crippen LogP contribution < -0.4 is 5.32 Å². The van der Waals surface area contributed by atoms with Crippen LogP contribution in [0.2, 0.25) is 0 Å². The summed E-state index contributed by atoms with van der Waals surface area (Å²) in [7, 11) is 1.53. The summed E-state index contributed by atoms with van der Waals surface area (Å²) in [5, 5.41) is 11.2. The summed E-state index contributed by atoms with van der Waals surface area (Å²) in [5.41, 5.74) is 0. The molecule has 7 heteroatoms. The maximum Gasteiger partial charge on any atom is 0.325 e. The zero-order valence-corrected chi connectivity index (χ0v) is 12.2. The van der Waals surface area contributed by atoms with Gasteiger partial charge in [0.05, 0.1) is 6.61 Å². The lowest BCUT2D eigenvalue weighted by atomic mass is 10.1. The van der Waals surface area contributed by atoms with Gasteiger partial charge in [-0.2, -0.15) is 0 Å². The Morgan fingerprint density at radius 2 is 1.80 bits per heavy atom. The van der Waals surface area contributed by atoms with Gasteiger partial charge in [0, 0.05) is 20.0 Å². The number of rotatable bonds is 10. The van der Waals surface area contributed by atoms with E-state index < -0.39 is 11.9 Å². The standard InChI is InChI=1S/C13H24N2O5/c1-3-20-12(18)10-15(2)13(19)14-9-7-5-4-6-8-11(16)17/h3-10H2,1-2H3,(H,14,19)(H,16,17). The Hall–Kier alpha value is -1.79. The van der Waals surface area contributed by atoms with Crippen molar-refractivity contribution in [2.24, 2.45) is 0 Å². The monoisotopic (exact) mass is 288 g/mol. The van der Waals surface area contributed by atoms with E-state index in [1.165, 1.54) is 11.9 Å². The molecule has 0 spiro atoms. The normalized spacial score (nSPS) is 9.90. The smallest absolute Gasteiger partial charge is 0.325 e. The van der Waals surface area contributed by atoms with Crippen molar-refractivity contribution in [2.45, 2.75) is 39.0 Å². The maximum absolute atomic E-state index is 11.6.